The summed E-state index contributed by atoms with van der Waals surface area (Å²) >= 11 is 1.95. The van der Waals surface area contributed by atoms with Crippen LogP contribution in [0.25, 0.3) is 0 Å². The van der Waals surface area contributed by atoms with Gasteiger partial charge in [0, 0.05) is 42.4 Å². The number of hydrogen-bond donors (Lipinski definition) is 1. The molecule has 1 aliphatic carbocycles. The highest BCUT2D eigenvalue weighted by molar-refractivity contribution is 7.99. The van der Waals surface area contributed by atoms with Crippen molar-refractivity contribution in [3.63, 3.8) is 0 Å². The lowest BCUT2D eigenvalue weighted by atomic mass is 10.2. The molecule has 3 nitrogen and oxygen atoms in total. The lowest BCUT2D eigenvalue weighted by Gasteiger charge is -2.35. The highest BCUT2D eigenvalue weighted by Gasteiger charge is 2.26. The van der Waals surface area contributed by atoms with Crippen molar-refractivity contribution in [2.75, 3.05) is 38.6 Å². The predicted octanol–water partition coefficient (Wildman–Crippen LogP) is 2.23. The first-order valence-corrected chi connectivity index (χ1v) is 8.63. The van der Waals surface area contributed by atoms with E-state index >= 15 is 0 Å². The second-order valence-corrected chi connectivity index (χ2v) is 6.78. The summed E-state index contributed by atoms with van der Waals surface area (Å²) in [5.41, 5.74) is 0. The highest BCUT2D eigenvalue weighted by atomic mass is 32.2. The van der Waals surface area contributed by atoms with E-state index in [1.165, 1.54) is 17.7 Å². The van der Waals surface area contributed by atoms with Gasteiger partial charge in [0.25, 0.3) is 0 Å². The number of rotatable bonds is 7. The van der Waals surface area contributed by atoms with Crippen molar-refractivity contribution in [3.8, 4) is 0 Å². The Morgan fingerprint density at radius 2 is 2.10 bits per heavy atom. The van der Waals surface area contributed by atoms with E-state index in [-0.39, 0.29) is 0 Å². The third kappa shape index (κ3) is 4.48. The zero-order valence-electron chi connectivity index (χ0n) is 12.0. The lowest BCUT2D eigenvalue weighted by molar-refractivity contribution is -0.00369. The number of nitrogens with zero attached hydrogens (tertiary/aromatic N) is 1. The Balaban J connectivity index is 1.41. The van der Waals surface area contributed by atoms with Crippen molar-refractivity contribution < 1.29 is 4.74 Å². The van der Waals surface area contributed by atoms with Gasteiger partial charge in [0.05, 0.1) is 13.2 Å². The van der Waals surface area contributed by atoms with Crippen molar-refractivity contribution in [1.29, 1.82) is 0 Å². The van der Waals surface area contributed by atoms with Gasteiger partial charge in [-0.1, -0.05) is 18.2 Å². The molecule has 1 atom stereocenters. The molecule has 1 aromatic carbocycles. The van der Waals surface area contributed by atoms with Gasteiger partial charge in [-0.25, -0.2) is 0 Å². The topological polar surface area (TPSA) is 24.5 Å². The zero-order valence-corrected chi connectivity index (χ0v) is 12.8. The van der Waals surface area contributed by atoms with Crippen LogP contribution in [0.5, 0.6) is 0 Å². The van der Waals surface area contributed by atoms with Gasteiger partial charge in [-0.05, 0) is 25.0 Å². The van der Waals surface area contributed by atoms with Crippen LogP contribution in [0.4, 0.5) is 0 Å². The van der Waals surface area contributed by atoms with Crippen LogP contribution >= 0.6 is 11.8 Å². The minimum Gasteiger partial charge on any atom is -0.378 e. The molecule has 1 N–H and O–H groups in total. The van der Waals surface area contributed by atoms with Crippen molar-refractivity contribution in [2.45, 2.75) is 29.8 Å². The van der Waals surface area contributed by atoms with Crippen LogP contribution in [-0.2, 0) is 4.74 Å². The lowest BCUT2D eigenvalue weighted by Crippen LogP contribution is -2.51. The standard InChI is InChI=1S/C16H24N2OS/c1-2-4-16(5-3-1)20-11-9-18-8-10-19-13-15(18)12-17-14-6-7-14/h1-5,14-15,17H,6-13H2. The molecule has 20 heavy (non-hydrogen) atoms. The van der Waals surface area contributed by atoms with E-state index in [1.807, 2.05) is 11.8 Å². The summed E-state index contributed by atoms with van der Waals surface area (Å²) in [6, 6.07) is 12.0. The Morgan fingerprint density at radius 3 is 2.90 bits per heavy atom. The maximum Gasteiger partial charge on any atom is 0.0634 e. The molecule has 3 rings (SSSR count). The molecule has 0 spiro atoms. The molecule has 110 valence electrons. The molecule has 1 heterocycles. The number of morpholine rings is 1. The summed E-state index contributed by atoms with van der Waals surface area (Å²) < 4.78 is 5.64. The molecule has 2 aliphatic rings. The third-order valence-corrected chi connectivity index (χ3v) is 4.95. The summed E-state index contributed by atoms with van der Waals surface area (Å²) in [7, 11) is 0. The molecular weight excluding hydrogens is 268 g/mol. The monoisotopic (exact) mass is 292 g/mol. The van der Waals surface area contributed by atoms with Gasteiger partial charge >= 0.3 is 0 Å². The Bertz CT molecular complexity index is 397. The summed E-state index contributed by atoms with van der Waals surface area (Å²) in [5.74, 6) is 1.16. The molecule has 2 fully saturated rings. The first-order chi connectivity index (χ1) is 9.92. The molecule has 1 saturated heterocycles. The van der Waals surface area contributed by atoms with Crippen molar-refractivity contribution in [3.05, 3.63) is 30.3 Å². The quantitative estimate of drug-likeness (QED) is 0.779. The zero-order chi connectivity index (χ0) is 13.6. The number of hydrogen-bond acceptors (Lipinski definition) is 4. The van der Waals surface area contributed by atoms with Gasteiger partial charge in [-0.3, -0.25) is 4.90 Å². The van der Waals surface area contributed by atoms with E-state index in [0.717, 1.165) is 44.6 Å². The Morgan fingerprint density at radius 1 is 1.25 bits per heavy atom. The fourth-order valence-corrected chi connectivity index (χ4v) is 3.47. The predicted molar refractivity (Wildman–Crippen MR) is 84.4 cm³/mol. The van der Waals surface area contributed by atoms with E-state index in [1.54, 1.807) is 0 Å². The van der Waals surface area contributed by atoms with Gasteiger partial charge in [0.1, 0.15) is 0 Å². The van der Waals surface area contributed by atoms with Crippen LogP contribution in [0, 0.1) is 0 Å². The molecule has 4 heteroatoms. The minimum atomic E-state index is 0.556. The van der Waals surface area contributed by atoms with Gasteiger partial charge in [-0.15, -0.1) is 11.8 Å². The summed E-state index contributed by atoms with van der Waals surface area (Å²) in [4.78, 5) is 3.96. The Labute approximate surface area is 126 Å². The third-order valence-electron chi connectivity index (χ3n) is 3.96. The maximum absolute atomic E-state index is 5.64. The van der Waals surface area contributed by atoms with Crippen LogP contribution in [0.2, 0.25) is 0 Å². The number of ether oxygens (including phenoxy) is 1. The highest BCUT2D eigenvalue weighted by Crippen LogP contribution is 2.20. The smallest absolute Gasteiger partial charge is 0.0634 e. The van der Waals surface area contributed by atoms with Crippen LogP contribution in [-0.4, -0.2) is 55.6 Å². The summed E-state index contributed by atoms with van der Waals surface area (Å²) in [5, 5.41) is 3.64. The number of benzene rings is 1. The number of nitrogens with one attached hydrogen (secondary N) is 1. The van der Waals surface area contributed by atoms with Gasteiger partial charge in [0.2, 0.25) is 0 Å². The fraction of sp³-hybridized carbons (Fsp3) is 0.625. The fourth-order valence-electron chi connectivity index (χ4n) is 2.56. The van der Waals surface area contributed by atoms with Crippen LogP contribution in [0.3, 0.4) is 0 Å². The second-order valence-electron chi connectivity index (χ2n) is 5.61. The van der Waals surface area contributed by atoms with E-state index in [9.17, 15) is 0 Å². The minimum absolute atomic E-state index is 0.556. The van der Waals surface area contributed by atoms with Crippen molar-refractivity contribution >= 4 is 11.8 Å². The van der Waals surface area contributed by atoms with Gasteiger partial charge < -0.3 is 10.1 Å². The van der Waals surface area contributed by atoms with E-state index in [0.29, 0.717) is 6.04 Å². The summed E-state index contributed by atoms with van der Waals surface area (Å²) in [6.45, 7) is 5.08. The molecule has 1 unspecified atom stereocenters. The van der Waals surface area contributed by atoms with E-state index < -0.39 is 0 Å². The summed E-state index contributed by atoms with van der Waals surface area (Å²) in [6.07, 6.45) is 2.72. The normalized spacial score (nSPS) is 23.9. The SMILES string of the molecule is c1ccc(SCCN2CCOCC2CNC2CC2)cc1. The average molecular weight is 292 g/mol. The molecule has 1 saturated carbocycles. The van der Waals surface area contributed by atoms with Crippen molar-refractivity contribution in [2.24, 2.45) is 0 Å². The Kier molecular flexibility index (Phi) is 5.36. The van der Waals surface area contributed by atoms with Crippen LogP contribution in [0.1, 0.15) is 12.8 Å². The molecule has 0 amide bonds. The van der Waals surface area contributed by atoms with Crippen molar-refractivity contribution in [1.82, 2.24) is 10.2 Å². The van der Waals surface area contributed by atoms with Crippen LogP contribution < -0.4 is 5.32 Å². The van der Waals surface area contributed by atoms with Gasteiger partial charge in [0.15, 0.2) is 0 Å². The molecule has 1 aliphatic heterocycles. The molecular formula is C16H24N2OS. The molecule has 1 aromatic rings. The molecule has 0 aromatic heterocycles. The average Bonchev–Trinajstić information content (AvgIpc) is 3.32. The Hall–Kier alpha value is -0.550. The first kappa shape index (κ1) is 14.4. The van der Waals surface area contributed by atoms with E-state index in [2.05, 4.69) is 40.5 Å². The maximum atomic E-state index is 5.64. The first-order valence-electron chi connectivity index (χ1n) is 7.65. The largest absolute Gasteiger partial charge is 0.378 e. The molecule has 0 bridgehead atoms. The second kappa shape index (κ2) is 7.46. The molecule has 0 radical (unpaired) electrons. The number of thioether (sulfide) groups is 1. The van der Waals surface area contributed by atoms with Gasteiger partial charge in [-0.2, -0.15) is 0 Å². The van der Waals surface area contributed by atoms with Crippen LogP contribution in [0.15, 0.2) is 35.2 Å². The van der Waals surface area contributed by atoms with E-state index in [4.69, 9.17) is 4.74 Å².